The standard InChI is InChI=1S/C11H13BrO/c1-8-3-4-10(9(2)7-13)5-11(8)6-12/h3-5,7,9H,6H2,1-2H3. The van der Waals surface area contributed by atoms with E-state index in [1.54, 1.807) is 0 Å². The van der Waals surface area contributed by atoms with E-state index in [-0.39, 0.29) is 5.92 Å². The summed E-state index contributed by atoms with van der Waals surface area (Å²) < 4.78 is 0. The van der Waals surface area contributed by atoms with Gasteiger partial charge in [0.15, 0.2) is 0 Å². The zero-order chi connectivity index (χ0) is 9.84. The second-order valence-corrected chi connectivity index (χ2v) is 3.81. The summed E-state index contributed by atoms with van der Waals surface area (Å²) >= 11 is 3.43. The third-order valence-electron chi connectivity index (χ3n) is 2.25. The maximum Gasteiger partial charge on any atom is 0.127 e. The maximum absolute atomic E-state index is 10.6. The van der Waals surface area contributed by atoms with Crippen molar-refractivity contribution >= 4 is 22.2 Å². The number of carbonyl (C=O) groups excluding carboxylic acids is 1. The summed E-state index contributed by atoms with van der Waals surface area (Å²) in [6, 6.07) is 6.16. The Morgan fingerprint density at radius 2 is 2.23 bits per heavy atom. The van der Waals surface area contributed by atoms with E-state index in [1.165, 1.54) is 11.1 Å². The zero-order valence-electron chi connectivity index (χ0n) is 7.88. The number of alkyl halides is 1. The lowest BCUT2D eigenvalue weighted by atomic mass is 9.98. The largest absolute Gasteiger partial charge is 0.303 e. The molecular weight excluding hydrogens is 228 g/mol. The van der Waals surface area contributed by atoms with Crippen molar-refractivity contribution in [2.75, 3.05) is 0 Å². The highest BCUT2D eigenvalue weighted by atomic mass is 79.9. The lowest BCUT2D eigenvalue weighted by Gasteiger charge is -2.08. The van der Waals surface area contributed by atoms with Crippen LogP contribution in [0.3, 0.4) is 0 Å². The SMILES string of the molecule is Cc1ccc(C(C)C=O)cc1CBr. The summed E-state index contributed by atoms with van der Waals surface area (Å²) in [7, 11) is 0. The summed E-state index contributed by atoms with van der Waals surface area (Å²) in [6.07, 6.45) is 0.975. The van der Waals surface area contributed by atoms with E-state index in [4.69, 9.17) is 0 Å². The number of aldehydes is 1. The van der Waals surface area contributed by atoms with Crippen LogP contribution in [0.5, 0.6) is 0 Å². The number of rotatable bonds is 3. The van der Waals surface area contributed by atoms with E-state index in [2.05, 4.69) is 35.0 Å². The second-order valence-electron chi connectivity index (χ2n) is 3.24. The van der Waals surface area contributed by atoms with Crippen molar-refractivity contribution in [1.82, 2.24) is 0 Å². The van der Waals surface area contributed by atoms with Gasteiger partial charge in [0, 0.05) is 11.2 Å². The lowest BCUT2D eigenvalue weighted by molar-refractivity contribution is -0.108. The number of aryl methyl sites for hydroxylation is 1. The highest BCUT2D eigenvalue weighted by Crippen LogP contribution is 2.19. The Balaban J connectivity index is 3.05. The highest BCUT2D eigenvalue weighted by Gasteiger charge is 2.05. The van der Waals surface area contributed by atoms with Crippen LogP contribution in [0, 0.1) is 6.92 Å². The number of hydrogen-bond acceptors (Lipinski definition) is 1. The molecule has 0 bridgehead atoms. The van der Waals surface area contributed by atoms with E-state index in [0.717, 1.165) is 17.2 Å². The monoisotopic (exact) mass is 240 g/mol. The summed E-state index contributed by atoms with van der Waals surface area (Å²) in [4.78, 5) is 10.6. The first-order valence-corrected chi connectivity index (χ1v) is 5.42. The van der Waals surface area contributed by atoms with Crippen molar-refractivity contribution < 1.29 is 4.79 Å². The first kappa shape index (κ1) is 10.5. The average Bonchev–Trinajstić information content (AvgIpc) is 2.17. The fraction of sp³-hybridized carbons (Fsp3) is 0.364. The zero-order valence-corrected chi connectivity index (χ0v) is 9.47. The molecule has 0 aromatic heterocycles. The van der Waals surface area contributed by atoms with Gasteiger partial charge in [-0.25, -0.2) is 0 Å². The van der Waals surface area contributed by atoms with Crippen molar-refractivity contribution in [3.8, 4) is 0 Å². The Bertz CT molecular complexity index is 307. The third kappa shape index (κ3) is 2.41. The maximum atomic E-state index is 10.6. The quantitative estimate of drug-likeness (QED) is 0.586. The molecule has 13 heavy (non-hydrogen) atoms. The Hall–Kier alpha value is -0.630. The van der Waals surface area contributed by atoms with Crippen LogP contribution in [0.4, 0.5) is 0 Å². The Labute approximate surface area is 87.3 Å². The molecule has 1 aromatic rings. The first-order valence-electron chi connectivity index (χ1n) is 4.29. The van der Waals surface area contributed by atoms with Crippen LogP contribution in [0.25, 0.3) is 0 Å². The molecule has 0 radical (unpaired) electrons. The second kappa shape index (κ2) is 4.56. The first-order chi connectivity index (χ1) is 6.19. The van der Waals surface area contributed by atoms with Gasteiger partial charge < -0.3 is 4.79 Å². The van der Waals surface area contributed by atoms with Crippen LogP contribution in [-0.2, 0) is 10.1 Å². The molecule has 1 unspecified atom stereocenters. The predicted molar refractivity (Wildman–Crippen MR) is 58.3 cm³/mol. The number of carbonyl (C=O) groups is 1. The van der Waals surface area contributed by atoms with Gasteiger partial charge in [0.2, 0.25) is 0 Å². The molecule has 0 aliphatic carbocycles. The molecular formula is C11H13BrO. The molecule has 1 aromatic carbocycles. The van der Waals surface area contributed by atoms with Crippen LogP contribution >= 0.6 is 15.9 Å². The minimum absolute atomic E-state index is 0.00148. The smallest absolute Gasteiger partial charge is 0.127 e. The lowest BCUT2D eigenvalue weighted by Crippen LogP contribution is -1.96. The molecule has 0 N–H and O–H groups in total. The fourth-order valence-corrected chi connectivity index (χ4v) is 1.80. The highest BCUT2D eigenvalue weighted by molar-refractivity contribution is 9.08. The molecule has 1 rings (SSSR count). The topological polar surface area (TPSA) is 17.1 Å². The Morgan fingerprint density at radius 1 is 1.54 bits per heavy atom. The van der Waals surface area contributed by atoms with Crippen LogP contribution in [0.2, 0.25) is 0 Å². The fourth-order valence-electron chi connectivity index (χ4n) is 1.20. The van der Waals surface area contributed by atoms with E-state index >= 15 is 0 Å². The molecule has 0 fully saturated rings. The van der Waals surface area contributed by atoms with Crippen LogP contribution in [-0.4, -0.2) is 6.29 Å². The van der Waals surface area contributed by atoms with Gasteiger partial charge >= 0.3 is 0 Å². The summed E-state index contributed by atoms with van der Waals surface area (Å²) in [5, 5.41) is 0.845. The molecule has 0 saturated carbocycles. The van der Waals surface area contributed by atoms with Gasteiger partial charge in [-0.05, 0) is 23.6 Å². The van der Waals surface area contributed by atoms with Gasteiger partial charge in [-0.3, -0.25) is 0 Å². The average molecular weight is 241 g/mol. The minimum atomic E-state index is -0.00148. The molecule has 1 nitrogen and oxygen atoms in total. The van der Waals surface area contributed by atoms with Gasteiger partial charge in [-0.15, -0.1) is 0 Å². The van der Waals surface area contributed by atoms with E-state index in [0.29, 0.717) is 0 Å². The molecule has 2 heteroatoms. The summed E-state index contributed by atoms with van der Waals surface area (Å²) in [6.45, 7) is 3.99. The molecule has 0 amide bonds. The molecule has 1 atom stereocenters. The summed E-state index contributed by atoms with van der Waals surface area (Å²) in [5.74, 6) is -0.00148. The van der Waals surface area contributed by atoms with Gasteiger partial charge in [-0.2, -0.15) is 0 Å². The molecule has 70 valence electrons. The molecule has 0 aliphatic rings. The van der Waals surface area contributed by atoms with Crippen molar-refractivity contribution in [2.45, 2.75) is 25.1 Å². The van der Waals surface area contributed by atoms with Gasteiger partial charge in [-0.1, -0.05) is 41.1 Å². The van der Waals surface area contributed by atoms with Crippen LogP contribution in [0.1, 0.15) is 29.5 Å². The normalized spacial score (nSPS) is 12.5. The molecule has 0 heterocycles. The molecule has 0 aliphatic heterocycles. The molecule has 0 spiro atoms. The summed E-state index contributed by atoms with van der Waals surface area (Å²) in [5.41, 5.74) is 3.61. The van der Waals surface area contributed by atoms with Gasteiger partial charge in [0.1, 0.15) is 6.29 Å². The van der Waals surface area contributed by atoms with E-state index in [9.17, 15) is 4.79 Å². The van der Waals surface area contributed by atoms with Crippen molar-refractivity contribution in [1.29, 1.82) is 0 Å². The third-order valence-corrected chi connectivity index (χ3v) is 2.85. The van der Waals surface area contributed by atoms with E-state index in [1.807, 2.05) is 13.0 Å². The van der Waals surface area contributed by atoms with Crippen LogP contribution < -0.4 is 0 Å². The van der Waals surface area contributed by atoms with Crippen molar-refractivity contribution in [2.24, 2.45) is 0 Å². The van der Waals surface area contributed by atoms with Gasteiger partial charge in [0.05, 0.1) is 0 Å². The van der Waals surface area contributed by atoms with E-state index < -0.39 is 0 Å². The van der Waals surface area contributed by atoms with Crippen molar-refractivity contribution in [3.05, 3.63) is 34.9 Å². The number of benzene rings is 1. The van der Waals surface area contributed by atoms with Gasteiger partial charge in [0.25, 0.3) is 0 Å². The number of halogens is 1. The predicted octanol–water partition coefficient (Wildman–Crippen LogP) is 3.19. The molecule has 0 saturated heterocycles. The van der Waals surface area contributed by atoms with Crippen molar-refractivity contribution in [3.63, 3.8) is 0 Å². The number of hydrogen-bond donors (Lipinski definition) is 0. The minimum Gasteiger partial charge on any atom is -0.303 e. The Kier molecular flexibility index (Phi) is 3.67. The van der Waals surface area contributed by atoms with Crippen LogP contribution in [0.15, 0.2) is 18.2 Å². The Morgan fingerprint density at radius 3 is 2.77 bits per heavy atom.